The maximum Gasteiger partial charge on any atom is 0.276 e. The van der Waals surface area contributed by atoms with Crippen molar-refractivity contribution >= 4 is 11.8 Å². The molecule has 0 spiro atoms. The number of carbonyl (C=O) groups is 2. The molecule has 2 aromatic carbocycles. The Labute approximate surface area is 152 Å². The molecule has 0 aliphatic rings. The van der Waals surface area contributed by atoms with Gasteiger partial charge in [0.15, 0.2) is 6.61 Å². The molecule has 2 N–H and O–H groups in total. The molecule has 0 aliphatic carbocycles. The van der Waals surface area contributed by atoms with Gasteiger partial charge < -0.3 is 9.47 Å². The highest BCUT2D eigenvalue weighted by Crippen LogP contribution is 2.17. The molecule has 0 radical (unpaired) electrons. The topological polar surface area (TPSA) is 76.7 Å². The Balaban J connectivity index is 1.83. The average molecular weight is 354 g/mol. The Hall–Kier alpha value is -3.28. The van der Waals surface area contributed by atoms with Gasteiger partial charge in [-0.05, 0) is 36.2 Å². The lowest BCUT2D eigenvalue weighted by atomic mass is 10.2. The fourth-order valence-corrected chi connectivity index (χ4v) is 2.13. The van der Waals surface area contributed by atoms with E-state index in [4.69, 9.17) is 9.47 Å². The Morgan fingerprint density at radius 3 is 2.46 bits per heavy atom. The predicted molar refractivity (Wildman–Crippen MR) is 99.1 cm³/mol. The van der Waals surface area contributed by atoms with Crippen molar-refractivity contribution in [3.8, 4) is 11.5 Å². The van der Waals surface area contributed by atoms with E-state index in [1.165, 1.54) is 5.56 Å². The molecule has 0 unspecified atom stereocenters. The molecule has 2 amide bonds. The highest BCUT2D eigenvalue weighted by molar-refractivity contribution is 5.97. The van der Waals surface area contributed by atoms with E-state index in [9.17, 15) is 9.59 Å². The van der Waals surface area contributed by atoms with Crippen molar-refractivity contribution in [2.24, 2.45) is 0 Å². The number of aryl methyl sites for hydroxylation is 1. The average Bonchev–Trinajstić information content (AvgIpc) is 2.69. The SMILES string of the molecule is C=CCOc1ccccc1C(=O)NNC(=O)COc1ccc(CC)cc1. The third-order valence-corrected chi connectivity index (χ3v) is 3.51. The van der Waals surface area contributed by atoms with Gasteiger partial charge in [0.05, 0.1) is 5.56 Å². The first-order valence-corrected chi connectivity index (χ1v) is 8.27. The summed E-state index contributed by atoms with van der Waals surface area (Å²) in [6.45, 7) is 5.70. The van der Waals surface area contributed by atoms with Crippen LogP contribution >= 0.6 is 0 Å². The summed E-state index contributed by atoms with van der Waals surface area (Å²) >= 11 is 0. The molecule has 0 saturated heterocycles. The number of benzene rings is 2. The molecular weight excluding hydrogens is 332 g/mol. The highest BCUT2D eigenvalue weighted by atomic mass is 16.5. The van der Waals surface area contributed by atoms with E-state index in [2.05, 4.69) is 24.4 Å². The van der Waals surface area contributed by atoms with Crippen LogP contribution in [0.1, 0.15) is 22.8 Å². The molecule has 0 heterocycles. The third kappa shape index (κ3) is 5.66. The van der Waals surface area contributed by atoms with Crippen molar-refractivity contribution in [1.82, 2.24) is 10.9 Å². The van der Waals surface area contributed by atoms with E-state index < -0.39 is 11.8 Å². The summed E-state index contributed by atoms with van der Waals surface area (Å²) in [4.78, 5) is 24.0. The summed E-state index contributed by atoms with van der Waals surface area (Å²) < 4.78 is 10.8. The van der Waals surface area contributed by atoms with Gasteiger partial charge in [0.25, 0.3) is 11.8 Å². The van der Waals surface area contributed by atoms with Gasteiger partial charge in [0.2, 0.25) is 0 Å². The normalized spacial score (nSPS) is 9.88. The molecule has 26 heavy (non-hydrogen) atoms. The Morgan fingerprint density at radius 2 is 1.77 bits per heavy atom. The quantitative estimate of drug-likeness (QED) is 0.564. The van der Waals surface area contributed by atoms with Gasteiger partial charge in [0.1, 0.15) is 18.1 Å². The van der Waals surface area contributed by atoms with Crippen LogP contribution in [0.5, 0.6) is 11.5 Å². The predicted octanol–water partition coefficient (Wildman–Crippen LogP) is 2.65. The van der Waals surface area contributed by atoms with E-state index >= 15 is 0 Å². The molecule has 0 fully saturated rings. The first-order chi connectivity index (χ1) is 12.6. The number of nitrogens with one attached hydrogen (secondary N) is 2. The van der Waals surface area contributed by atoms with Gasteiger partial charge in [-0.15, -0.1) is 0 Å². The lowest BCUT2D eigenvalue weighted by Crippen LogP contribution is -2.43. The van der Waals surface area contributed by atoms with Crippen LogP contribution in [0.4, 0.5) is 0 Å². The van der Waals surface area contributed by atoms with Crippen LogP contribution < -0.4 is 20.3 Å². The van der Waals surface area contributed by atoms with Crippen LogP contribution in [0.25, 0.3) is 0 Å². The summed E-state index contributed by atoms with van der Waals surface area (Å²) in [5.74, 6) is 0.0472. The molecule has 136 valence electrons. The number of para-hydroxylation sites is 1. The molecule has 6 nitrogen and oxygen atoms in total. The van der Waals surface area contributed by atoms with Crippen molar-refractivity contribution in [3.05, 3.63) is 72.3 Å². The third-order valence-electron chi connectivity index (χ3n) is 3.51. The number of hydrogen-bond acceptors (Lipinski definition) is 4. The number of carbonyl (C=O) groups excluding carboxylic acids is 2. The van der Waals surface area contributed by atoms with Crippen LogP contribution in [0.15, 0.2) is 61.2 Å². The van der Waals surface area contributed by atoms with Gasteiger partial charge in [-0.25, -0.2) is 0 Å². The van der Waals surface area contributed by atoms with Crippen LogP contribution in [0.3, 0.4) is 0 Å². The van der Waals surface area contributed by atoms with Crippen molar-refractivity contribution in [2.75, 3.05) is 13.2 Å². The maximum absolute atomic E-state index is 12.2. The first-order valence-electron chi connectivity index (χ1n) is 8.27. The zero-order valence-corrected chi connectivity index (χ0v) is 14.7. The Kier molecular flexibility index (Phi) is 7.24. The van der Waals surface area contributed by atoms with Gasteiger partial charge in [-0.1, -0.05) is 43.8 Å². The minimum atomic E-state index is -0.481. The monoisotopic (exact) mass is 354 g/mol. The van der Waals surface area contributed by atoms with Gasteiger partial charge in [0, 0.05) is 0 Å². The summed E-state index contributed by atoms with van der Waals surface area (Å²) in [7, 11) is 0. The van der Waals surface area contributed by atoms with Gasteiger partial charge in [-0.2, -0.15) is 0 Å². The molecule has 0 aromatic heterocycles. The van der Waals surface area contributed by atoms with Crippen molar-refractivity contribution < 1.29 is 19.1 Å². The van der Waals surface area contributed by atoms with Crippen molar-refractivity contribution in [2.45, 2.75) is 13.3 Å². The molecule has 0 aliphatic heterocycles. The lowest BCUT2D eigenvalue weighted by Gasteiger charge is -2.12. The van der Waals surface area contributed by atoms with Crippen molar-refractivity contribution in [3.63, 3.8) is 0 Å². The molecule has 0 saturated carbocycles. The Morgan fingerprint density at radius 1 is 1.04 bits per heavy atom. The number of ether oxygens (including phenoxy) is 2. The van der Waals surface area contributed by atoms with E-state index in [1.807, 2.05) is 12.1 Å². The van der Waals surface area contributed by atoms with Crippen molar-refractivity contribution in [1.29, 1.82) is 0 Å². The molecular formula is C20H22N2O4. The van der Waals surface area contributed by atoms with Gasteiger partial charge in [-0.3, -0.25) is 20.4 Å². The minimum Gasteiger partial charge on any atom is -0.489 e. The lowest BCUT2D eigenvalue weighted by molar-refractivity contribution is -0.123. The molecule has 2 aromatic rings. The fraction of sp³-hybridized carbons (Fsp3) is 0.200. The van der Waals surface area contributed by atoms with E-state index in [0.29, 0.717) is 17.1 Å². The number of amides is 2. The first kappa shape index (κ1) is 19.1. The van der Waals surface area contributed by atoms with Crippen LogP contribution in [0.2, 0.25) is 0 Å². The fourth-order valence-electron chi connectivity index (χ4n) is 2.13. The molecule has 2 rings (SSSR count). The second kappa shape index (κ2) is 9.88. The summed E-state index contributed by atoms with van der Waals surface area (Å²) in [5.41, 5.74) is 6.16. The zero-order valence-electron chi connectivity index (χ0n) is 14.7. The largest absolute Gasteiger partial charge is 0.489 e. The smallest absolute Gasteiger partial charge is 0.276 e. The highest BCUT2D eigenvalue weighted by Gasteiger charge is 2.13. The maximum atomic E-state index is 12.2. The van der Waals surface area contributed by atoms with E-state index in [0.717, 1.165) is 6.42 Å². The summed E-state index contributed by atoms with van der Waals surface area (Å²) in [5, 5.41) is 0. The van der Waals surface area contributed by atoms with Crippen LogP contribution in [-0.2, 0) is 11.2 Å². The molecule has 0 bridgehead atoms. The zero-order chi connectivity index (χ0) is 18.8. The Bertz CT molecular complexity index is 757. The summed E-state index contributed by atoms with van der Waals surface area (Å²) in [6, 6.07) is 14.2. The second-order valence-corrected chi connectivity index (χ2v) is 5.38. The standard InChI is InChI=1S/C20H22N2O4/c1-3-13-25-18-8-6-5-7-17(18)20(24)22-21-19(23)14-26-16-11-9-15(4-2)10-12-16/h3,5-12H,1,4,13-14H2,2H3,(H,21,23)(H,22,24). The molecule has 0 atom stereocenters. The molecule has 6 heteroatoms. The minimum absolute atomic E-state index is 0.208. The number of hydrazine groups is 1. The number of hydrogen-bond donors (Lipinski definition) is 2. The van der Waals surface area contributed by atoms with E-state index in [1.54, 1.807) is 42.5 Å². The van der Waals surface area contributed by atoms with Crippen LogP contribution in [-0.4, -0.2) is 25.0 Å². The van der Waals surface area contributed by atoms with Crippen LogP contribution in [0, 0.1) is 0 Å². The number of rotatable bonds is 8. The van der Waals surface area contributed by atoms with Gasteiger partial charge >= 0.3 is 0 Å². The summed E-state index contributed by atoms with van der Waals surface area (Å²) in [6.07, 6.45) is 2.52. The second-order valence-electron chi connectivity index (χ2n) is 5.38. The van der Waals surface area contributed by atoms with E-state index in [-0.39, 0.29) is 13.2 Å².